The van der Waals surface area contributed by atoms with Crippen molar-refractivity contribution in [2.75, 3.05) is 13.1 Å². The fourth-order valence-electron chi connectivity index (χ4n) is 1.43. The third kappa shape index (κ3) is 1.69. The molecule has 0 aliphatic carbocycles. The summed E-state index contributed by atoms with van der Waals surface area (Å²) in [7, 11) is 0. The first-order valence-corrected chi connectivity index (χ1v) is 3.66. The van der Waals surface area contributed by atoms with E-state index in [1.54, 1.807) is 0 Å². The van der Waals surface area contributed by atoms with Crippen LogP contribution >= 0.6 is 0 Å². The molecule has 1 rings (SSSR count). The highest BCUT2D eigenvalue weighted by atomic mass is 16.1. The molecule has 1 amide bonds. The maximum atomic E-state index is 10.8. The molecule has 0 aromatic heterocycles. The summed E-state index contributed by atoms with van der Waals surface area (Å²) in [6.07, 6.45) is 1.77. The number of carbonyl (C=O) groups is 1. The Balaban J connectivity index is 2.52. The first-order valence-electron chi connectivity index (χ1n) is 3.66. The maximum absolute atomic E-state index is 10.8. The summed E-state index contributed by atoms with van der Waals surface area (Å²) in [5.74, 6) is -0.308. The number of hydrogen-bond donors (Lipinski definition) is 1. The fraction of sp³-hybridized carbons (Fsp3) is 0.714. The summed E-state index contributed by atoms with van der Waals surface area (Å²) in [5, 5.41) is 8.38. The molecule has 0 spiro atoms. The van der Waals surface area contributed by atoms with E-state index < -0.39 is 0 Å². The van der Waals surface area contributed by atoms with Crippen molar-refractivity contribution in [2.45, 2.75) is 18.9 Å². The van der Waals surface area contributed by atoms with Gasteiger partial charge in [0.15, 0.2) is 0 Å². The number of primary amides is 1. The standard InChI is InChI=1S/C7H11N3O/c8-3-5-10-4-1-2-6(10)7(9)11/h6H,1-2,4-5H2,(H2,9,11)/t6-/m1/s1. The normalized spacial score (nSPS) is 24.8. The van der Waals surface area contributed by atoms with Crippen LogP contribution in [0.4, 0.5) is 0 Å². The van der Waals surface area contributed by atoms with Crippen LogP contribution in [-0.2, 0) is 4.79 Å². The molecule has 4 nitrogen and oxygen atoms in total. The molecule has 1 heterocycles. The summed E-state index contributed by atoms with van der Waals surface area (Å²) in [4.78, 5) is 12.6. The van der Waals surface area contributed by atoms with Crippen LogP contribution in [0.1, 0.15) is 12.8 Å². The molecule has 1 aliphatic rings. The molecule has 0 unspecified atom stereocenters. The summed E-state index contributed by atoms with van der Waals surface area (Å²) in [6.45, 7) is 1.13. The predicted octanol–water partition coefficient (Wildman–Crippen LogP) is -0.540. The third-order valence-electron chi connectivity index (χ3n) is 1.97. The van der Waals surface area contributed by atoms with Crippen molar-refractivity contribution in [3.8, 4) is 6.07 Å². The van der Waals surface area contributed by atoms with Crippen molar-refractivity contribution in [1.29, 1.82) is 5.26 Å². The molecule has 1 saturated heterocycles. The Morgan fingerprint density at radius 1 is 1.82 bits per heavy atom. The van der Waals surface area contributed by atoms with E-state index in [1.807, 2.05) is 11.0 Å². The van der Waals surface area contributed by atoms with E-state index in [1.165, 1.54) is 0 Å². The largest absolute Gasteiger partial charge is 0.368 e. The van der Waals surface area contributed by atoms with Gasteiger partial charge in [-0.3, -0.25) is 9.69 Å². The molecule has 1 atom stereocenters. The van der Waals surface area contributed by atoms with Gasteiger partial charge < -0.3 is 5.73 Å². The highest BCUT2D eigenvalue weighted by Crippen LogP contribution is 2.15. The molecule has 2 N–H and O–H groups in total. The molecule has 1 fully saturated rings. The number of nitrogens with zero attached hydrogens (tertiary/aromatic N) is 2. The Hall–Kier alpha value is -1.08. The van der Waals surface area contributed by atoms with Gasteiger partial charge in [-0.2, -0.15) is 5.26 Å². The van der Waals surface area contributed by atoms with Gasteiger partial charge in [0, 0.05) is 6.54 Å². The van der Waals surface area contributed by atoms with Crippen molar-refractivity contribution in [2.24, 2.45) is 5.73 Å². The number of nitrogens with two attached hydrogens (primary N) is 1. The van der Waals surface area contributed by atoms with E-state index in [-0.39, 0.29) is 11.9 Å². The third-order valence-corrected chi connectivity index (χ3v) is 1.97. The van der Waals surface area contributed by atoms with Gasteiger partial charge in [0.1, 0.15) is 0 Å². The van der Waals surface area contributed by atoms with Gasteiger partial charge in [-0.15, -0.1) is 0 Å². The molecular formula is C7H11N3O. The van der Waals surface area contributed by atoms with Gasteiger partial charge in [0.05, 0.1) is 18.7 Å². The number of nitriles is 1. The molecule has 0 aromatic carbocycles. The number of amides is 1. The molecule has 0 radical (unpaired) electrons. The molecular weight excluding hydrogens is 142 g/mol. The monoisotopic (exact) mass is 153 g/mol. The maximum Gasteiger partial charge on any atom is 0.234 e. The van der Waals surface area contributed by atoms with Gasteiger partial charge in [0.2, 0.25) is 5.91 Å². The second-order valence-corrected chi connectivity index (χ2v) is 2.69. The molecule has 0 bridgehead atoms. The minimum atomic E-state index is -0.308. The highest BCUT2D eigenvalue weighted by Gasteiger charge is 2.28. The number of likely N-dealkylation sites (tertiary alicyclic amines) is 1. The minimum absolute atomic E-state index is 0.199. The van der Waals surface area contributed by atoms with E-state index in [0.29, 0.717) is 6.54 Å². The zero-order valence-corrected chi connectivity index (χ0v) is 6.29. The lowest BCUT2D eigenvalue weighted by molar-refractivity contribution is -0.122. The van der Waals surface area contributed by atoms with E-state index in [4.69, 9.17) is 11.0 Å². The lowest BCUT2D eigenvalue weighted by atomic mass is 10.2. The van der Waals surface area contributed by atoms with Gasteiger partial charge in [-0.1, -0.05) is 0 Å². The Labute approximate surface area is 65.6 Å². The van der Waals surface area contributed by atoms with Crippen LogP contribution in [-0.4, -0.2) is 29.9 Å². The van der Waals surface area contributed by atoms with E-state index in [0.717, 1.165) is 19.4 Å². The van der Waals surface area contributed by atoms with Crippen LogP contribution in [0.25, 0.3) is 0 Å². The predicted molar refractivity (Wildman–Crippen MR) is 39.4 cm³/mol. The van der Waals surface area contributed by atoms with E-state index in [2.05, 4.69) is 0 Å². The van der Waals surface area contributed by atoms with Crippen molar-refractivity contribution in [3.05, 3.63) is 0 Å². The van der Waals surface area contributed by atoms with Crippen LogP contribution in [0.3, 0.4) is 0 Å². The highest BCUT2D eigenvalue weighted by molar-refractivity contribution is 5.80. The first-order chi connectivity index (χ1) is 5.25. The Morgan fingerprint density at radius 3 is 3.09 bits per heavy atom. The molecule has 1 aliphatic heterocycles. The summed E-state index contributed by atoms with van der Waals surface area (Å²) < 4.78 is 0. The summed E-state index contributed by atoms with van der Waals surface area (Å²) >= 11 is 0. The second kappa shape index (κ2) is 3.35. The Bertz CT molecular complexity index is 196. The average molecular weight is 153 g/mol. The zero-order valence-electron chi connectivity index (χ0n) is 6.29. The van der Waals surface area contributed by atoms with Gasteiger partial charge in [0.25, 0.3) is 0 Å². The Kier molecular flexibility index (Phi) is 2.44. The van der Waals surface area contributed by atoms with Gasteiger partial charge >= 0.3 is 0 Å². The van der Waals surface area contributed by atoms with Crippen LogP contribution < -0.4 is 5.73 Å². The number of carbonyl (C=O) groups excluding carboxylic acids is 1. The van der Waals surface area contributed by atoms with Crippen molar-refractivity contribution in [1.82, 2.24) is 4.90 Å². The molecule has 0 saturated carbocycles. The zero-order chi connectivity index (χ0) is 8.27. The lowest BCUT2D eigenvalue weighted by Gasteiger charge is -2.17. The topological polar surface area (TPSA) is 70.1 Å². The Morgan fingerprint density at radius 2 is 2.55 bits per heavy atom. The van der Waals surface area contributed by atoms with E-state index in [9.17, 15) is 4.79 Å². The molecule has 60 valence electrons. The van der Waals surface area contributed by atoms with Crippen LogP contribution in [0.15, 0.2) is 0 Å². The van der Waals surface area contributed by atoms with Crippen LogP contribution in [0.5, 0.6) is 0 Å². The molecule has 0 aromatic rings. The van der Waals surface area contributed by atoms with Crippen molar-refractivity contribution < 1.29 is 4.79 Å². The molecule has 4 heteroatoms. The van der Waals surface area contributed by atoms with Crippen molar-refractivity contribution in [3.63, 3.8) is 0 Å². The quantitative estimate of drug-likeness (QED) is 0.541. The van der Waals surface area contributed by atoms with E-state index >= 15 is 0 Å². The molecule has 11 heavy (non-hydrogen) atoms. The van der Waals surface area contributed by atoms with Gasteiger partial charge in [-0.05, 0) is 12.8 Å². The van der Waals surface area contributed by atoms with Crippen LogP contribution in [0, 0.1) is 11.3 Å². The smallest absolute Gasteiger partial charge is 0.234 e. The SMILES string of the molecule is N#CCN1CCC[C@@H]1C(N)=O. The summed E-state index contributed by atoms with van der Waals surface area (Å²) in [6, 6.07) is 1.81. The number of hydrogen-bond acceptors (Lipinski definition) is 3. The average Bonchev–Trinajstić information content (AvgIpc) is 2.36. The second-order valence-electron chi connectivity index (χ2n) is 2.69. The van der Waals surface area contributed by atoms with Gasteiger partial charge in [-0.25, -0.2) is 0 Å². The minimum Gasteiger partial charge on any atom is -0.368 e. The lowest BCUT2D eigenvalue weighted by Crippen LogP contribution is -2.40. The van der Waals surface area contributed by atoms with Crippen LogP contribution in [0.2, 0.25) is 0 Å². The first kappa shape index (κ1) is 8.02. The van der Waals surface area contributed by atoms with Crippen molar-refractivity contribution >= 4 is 5.91 Å². The number of rotatable bonds is 2. The summed E-state index contributed by atoms with van der Waals surface area (Å²) in [5.41, 5.74) is 5.13. The fourth-order valence-corrected chi connectivity index (χ4v) is 1.43.